The Labute approximate surface area is 166 Å². The highest BCUT2D eigenvalue weighted by molar-refractivity contribution is 5.41. The third-order valence-corrected chi connectivity index (χ3v) is 5.44. The van der Waals surface area contributed by atoms with E-state index >= 15 is 0 Å². The van der Waals surface area contributed by atoms with Crippen LogP contribution in [-0.2, 0) is 11.3 Å². The van der Waals surface area contributed by atoms with E-state index in [2.05, 4.69) is 34.0 Å². The smallest absolute Gasteiger partial charge is 0.269 e. The number of likely N-dealkylation sites (N-methyl/N-ethyl adjacent to an activating group) is 1. The topological polar surface area (TPSA) is 63.5 Å². The van der Waals surface area contributed by atoms with Gasteiger partial charge in [0.15, 0.2) is 0 Å². The molecule has 1 aliphatic rings. The van der Waals surface area contributed by atoms with E-state index in [9.17, 15) is 4.79 Å². The normalized spacial score (nSPS) is 17.6. The lowest BCUT2D eigenvalue weighted by molar-refractivity contribution is 0.159. The second kappa shape index (κ2) is 9.30. The number of likely N-dealkylation sites (tertiary alicyclic amines) is 1. The van der Waals surface area contributed by atoms with Crippen molar-refractivity contribution in [3.63, 3.8) is 0 Å². The third-order valence-electron chi connectivity index (χ3n) is 5.44. The first-order chi connectivity index (χ1) is 13.5. The van der Waals surface area contributed by atoms with Gasteiger partial charge >= 0.3 is 0 Å². The molecular formula is C21H31N5O2. The number of anilines is 1. The second-order valence-corrected chi connectivity index (χ2v) is 7.64. The molecule has 2 aromatic rings. The standard InChI is InChI=1S/C21H31N5O2/c1-16-7-8-18(17(2)23-16)14-25-9-5-6-19(15-25)26-21(27)12-20(13-22-26)24(3)10-11-28-4/h7-8,12-13,19H,5-6,9-11,14-15H2,1-4H3/t19-/m1/s1. The van der Waals surface area contributed by atoms with Gasteiger partial charge in [0.2, 0.25) is 0 Å². The lowest BCUT2D eigenvalue weighted by Crippen LogP contribution is -2.40. The van der Waals surface area contributed by atoms with Gasteiger partial charge in [0, 0.05) is 51.2 Å². The predicted octanol–water partition coefficient (Wildman–Crippen LogP) is 2.17. The van der Waals surface area contributed by atoms with E-state index in [-0.39, 0.29) is 11.6 Å². The fourth-order valence-electron chi connectivity index (χ4n) is 3.75. The monoisotopic (exact) mass is 385 g/mol. The summed E-state index contributed by atoms with van der Waals surface area (Å²) in [5, 5.41) is 4.48. The summed E-state index contributed by atoms with van der Waals surface area (Å²) in [6.45, 7) is 8.15. The minimum absolute atomic E-state index is 0.0400. The van der Waals surface area contributed by atoms with E-state index in [0.717, 1.165) is 56.1 Å². The van der Waals surface area contributed by atoms with Crippen LogP contribution in [0.5, 0.6) is 0 Å². The Morgan fingerprint density at radius 2 is 2.14 bits per heavy atom. The molecule has 0 unspecified atom stereocenters. The first-order valence-electron chi connectivity index (χ1n) is 9.92. The third kappa shape index (κ3) is 4.97. The van der Waals surface area contributed by atoms with Gasteiger partial charge in [-0.2, -0.15) is 5.10 Å². The Hall–Kier alpha value is -2.25. The highest BCUT2D eigenvalue weighted by Crippen LogP contribution is 2.22. The average Bonchev–Trinajstić information content (AvgIpc) is 2.68. The largest absolute Gasteiger partial charge is 0.383 e. The number of methoxy groups -OCH3 is 1. The number of rotatable bonds is 7. The molecule has 0 aliphatic carbocycles. The summed E-state index contributed by atoms with van der Waals surface area (Å²) < 4.78 is 6.76. The highest BCUT2D eigenvalue weighted by Gasteiger charge is 2.23. The van der Waals surface area contributed by atoms with Crippen molar-refractivity contribution in [3.8, 4) is 0 Å². The summed E-state index contributed by atoms with van der Waals surface area (Å²) in [6, 6.07) is 6.01. The molecule has 3 rings (SSSR count). The zero-order chi connectivity index (χ0) is 20.1. The maximum absolute atomic E-state index is 12.7. The van der Waals surface area contributed by atoms with Gasteiger partial charge in [-0.1, -0.05) is 6.07 Å². The van der Waals surface area contributed by atoms with E-state index < -0.39 is 0 Å². The summed E-state index contributed by atoms with van der Waals surface area (Å²) in [6.07, 6.45) is 3.82. The van der Waals surface area contributed by atoms with Crippen molar-refractivity contribution in [2.75, 3.05) is 45.3 Å². The molecule has 152 valence electrons. The SMILES string of the molecule is COCCN(C)c1cnn([C@@H]2CCCN(Cc3ccc(C)nc3C)C2)c(=O)c1. The van der Waals surface area contributed by atoms with E-state index in [1.54, 1.807) is 24.1 Å². The maximum atomic E-state index is 12.7. The lowest BCUT2D eigenvalue weighted by Gasteiger charge is -2.33. The van der Waals surface area contributed by atoms with Crippen LogP contribution < -0.4 is 10.5 Å². The number of aryl methyl sites for hydroxylation is 2. The zero-order valence-corrected chi connectivity index (χ0v) is 17.4. The van der Waals surface area contributed by atoms with Gasteiger partial charge in [0.1, 0.15) is 0 Å². The maximum Gasteiger partial charge on any atom is 0.269 e. The molecule has 0 aromatic carbocycles. The lowest BCUT2D eigenvalue weighted by atomic mass is 10.0. The Morgan fingerprint density at radius 3 is 2.86 bits per heavy atom. The number of nitrogens with zero attached hydrogens (tertiary/aromatic N) is 5. The van der Waals surface area contributed by atoms with Crippen LogP contribution in [0.3, 0.4) is 0 Å². The van der Waals surface area contributed by atoms with Gasteiger partial charge < -0.3 is 9.64 Å². The van der Waals surface area contributed by atoms with Crippen LogP contribution in [0.25, 0.3) is 0 Å². The molecule has 1 saturated heterocycles. The van der Waals surface area contributed by atoms with Crippen LogP contribution >= 0.6 is 0 Å². The molecule has 1 fully saturated rings. The number of aromatic nitrogens is 3. The van der Waals surface area contributed by atoms with Crippen LogP contribution in [0.15, 0.2) is 29.2 Å². The van der Waals surface area contributed by atoms with Crippen molar-refractivity contribution < 1.29 is 4.74 Å². The quantitative estimate of drug-likeness (QED) is 0.728. The number of hydrogen-bond donors (Lipinski definition) is 0. The Bertz CT molecular complexity index is 851. The van der Waals surface area contributed by atoms with Crippen molar-refractivity contribution in [1.29, 1.82) is 0 Å². The van der Waals surface area contributed by atoms with Crippen molar-refractivity contribution in [1.82, 2.24) is 19.7 Å². The molecule has 0 amide bonds. The molecule has 0 N–H and O–H groups in total. The summed E-state index contributed by atoms with van der Waals surface area (Å²) in [4.78, 5) is 21.6. The average molecular weight is 386 g/mol. The molecule has 0 spiro atoms. The van der Waals surface area contributed by atoms with Gasteiger partial charge in [-0.25, -0.2) is 4.68 Å². The Balaban J connectivity index is 1.69. The summed E-state index contributed by atoms with van der Waals surface area (Å²) in [5.41, 5.74) is 4.17. The highest BCUT2D eigenvalue weighted by atomic mass is 16.5. The molecule has 7 heteroatoms. The molecular weight excluding hydrogens is 354 g/mol. The fraction of sp³-hybridized carbons (Fsp3) is 0.571. The van der Waals surface area contributed by atoms with E-state index in [0.29, 0.717) is 6.61 Å². The number of pyridine rings is 1. The molecule has 7 nitrogen and oxygen atoms in total. The fourth-order valence-corrected chi connectivity index (χ4v) is 3.75. The summed E-state index contributed by atoms with van der Waals surface area (Å²) >= 11 is 0. The van der Waals surface area contributed by atoms with Crippen LogP contribution in [0.4, 0.5) is 5.69 Å². The van der Waals surface area contributed by atoms with Crippen molar-refractivity contribution >= 4 is 5.69 Å². The minimum atomic E-state index is -0.0400. The molecule has 0 radical (unpaired) electrons. The molecule has 0 bridgehead atoms. The molecule has 1 atom stereocenters. The summed E-state index contributed by atoms with van der Waals surface area (Å²) in [5.74, 6) is 0. The van der Waals surface area contributed by atoms with Crippen LogP contribution in [-0.4, -0.2) is 60.1 Å². The molecule has 3 heterocycles. The molecule has 2 aromatic heterocycles. The van der Waals surface area contributed by atoms with E-state index in [1.807, 2.05) is 18.9 Å². The van der Waals surface area contributed by atoms with Crippen LogP contribution in [0, 0.1) is 13.8 Å². The van der Waals surface area contributed by atoms with E-state index in [1.165, 1.54) is 5.56 Å². The van der Waals surface area contributed by atoms with Crippen LogP contribution in [0.1, 0.15) is 35.8 Å². The molecule has 0 saturated carbocycles. The first kappa shape index (κ1) is 20.5. The zero-order valence-electron chi connectivity index (χ0n) is 17.4. The van der Waals surface area contributed by atoms with Crippen molar-refractivity contribution in [2.45, 2.75) is 39.3 Å². The van der Waals surface area contributed by atoms with Gasteiger partial charge in [0.25, 0.3) is 5.56 Å². The van der Waals surface area contributed by atoms with Gasteiger partial charge in [-0.3, -0.25) is 14.7 Å². The summed E-state index contributed by atoms with van der Waals surface area (Å²) in [7, 11) is 3.62. The minimum Gasteiger partial charge on any atom is -0.383 e. The van der Waals surface area contributed by atoms with Crippen molar-refractivity contribution in [3.05, 3.63) is 51.7 Å². The van der Waals surface area contributed by atoms with Gasteiger partial charge in [0.05, 0.1) is 24.5 Å². The van der Waals surface area contributed by atoms with Crippen LogP contribution in [0.2, 0.25) is 0 Å². The Kier molecular flexibility index (Phi) is 6.80. The number of piperidine rings is 1. The van der Waals surface area contributed by atoms with E-state index in [4.69, 9.17) is 4.74 Å². The number of hydrogen-bond acceptors (Lipinski definition) is 6. The Morgan fingerprint density at radius 1 is 1.32 bits per heavy atom. The molecule has 28 heavy (non-hydrogen) atoms. The van der Waals surface area contributed by atoms with Gasteiger partial charge in [-0.05, 0) is 44.9 Å². The van der Waals surface area contributed by atoms with Gasteiger partial charge in [-0.15, -0.1) is 0 Å². The second-order valence-electron chi connectivity index (χ2n) is 7.64. The number of ether oxygens (including phenoxy) is 1. The molecule has 1 aliphatic heterocycles. The first-order valence-corrected chi connectivity index (χ1v) is 9.92. The van der Waals surface area contributed by atoms with Crippen molar-refractivity contribution in [2.24, 2.45) is 0 Å². The predicted molar refractivity (Wildman–Crippen MR) is 111 cm³/mol.